The third-order valence-corrected chi connectivity index (χ3v) is 2.76. The highest BCUT2D eigenvalue weighted by atomic mass is 16.5. The van der Waals surface area contributed by atoms with Gasteiger partial charge in [-0.2, -0.15) is 0 Å². The van der Waals surface area contributed by atoms with Gasteiger partial charge in [0.2, 0.25) is 0 Å². The number of carbonyl (C=O) groups is 1. The van der Waals surface area contributed by atoms with Crippen molar-refractivity contribution in [3.63, 3.8) is 0 Å². The minimum absolute atomic E-state index is 0.319. The predicted octanol–water partition coefficient (Wildman–Crippen LogP) is 2.68. The van der Waals surface area contributed by atoms with E-state index < -0.39 is 11.5 Å². The summed E-state index contributed by atoms with van der Waals surface area (Å²) in [6, 6.07) is 0. The highest BCUT2D eigenvalue weighted by Crippen LogP contribution is 2.29. The number of esters is 1. The number of aliphatic hydroxyl groups is 1. The van der Waals surface area contributed by atoms with Crippen molar-refractivity contribution in [2.75, 3.05) is 6.61 Å². The van der Waals surface area contributed by atoms with Gasteiger partial charge in [-0.15, -0.1) is 6.58 Å². The first-order chi connectivity index (χ1) is 7.55. The molecule has 0 aliphatic heterocycles. The number of rotatable bonds is 8. The standard InChI is InChI=1S/C13H24O3/c1-5-9-11(12(14)16-8-4)13(15,7-3)10-6-2/h7,11,15H,3,5-6,8-10H2,1-2,4H3. The molecule has 94 valence electrons. The smallest absolute Gasteiger partial charge is 0.312 e. The minimum Gasteiger partial charge on any atom is -0.466 e. The van der Waals surface area contributed by atoms with E-state index in [2.05, 4.69) is 6.58 Å². The summed E-state index contributed by atoms with van der Waals surface area (Å²) in [6.45, 7) is 9.72. The summed E-state index contributed by atoms with van der Waals surface area (Å²) in [5, 5.41) is 10.4. The molecule has 0 saturated carbocycles. The van der Waals surface area contributed by atoms with E-state index >= 15 is 0 Å². The average molecular weight is 228 g/mol. The van der Waals surface area contributed by atoms with Crippen LogP contribution in [0.15, 0.2) is 12.7 Å². The first-order valence-electron chi connectivity index (χ1n) is 6.08. The van der Waals surface area contributed by atoms with Crippen molar-refractivity contribution in [3.05, 3.63) is 12.7 Å². The molecular weight excluding hydrogens is 204 g/mol. The van der Waals surface area contributed by atoms with Crippen molar-refractivity contribution < 1.29 is 14.6 Å². The monoisotopic (exact) mass is 228 g/mol. The van der Waals surface area contributed by atoms with E-state index in [4.69, 9.17) is 4.74 Å². The second kappa shape index (κ2) is 7.44. The zero-order chi connectivity index (χ0) is 12.6. The second-order valence-electron chi connectivity index (χ2n) is 4.04. The second-order valence-corrected chi connectivity index (χ2v) is 4.04. The number of carbonyl (C=O) groups excluding carboxylic acids is 1. The molecule has 16 heavy (non-hydrogen) atoms. The Bertz CT molecular complexity index is 225. The molecule has 2 unspecified atom stereocenters. The lowest BCUT2D eigenvalue weighted by Gasteiger charge is -2.31. The van der Waals surface area contributed by atoms with Crippen LogP contribution in [0.5, 0.6) is 0 Å². The summed E-state index contributed by atoms with van der Waals surface area (Å²) in [6.07, 6.45) is 4.29. The van der Waals surface area contributed by atoms with Crippen LogP contribution in [0, 0.1) is 5.92 Å². The van der Waals surface area contributed by atoms with Gasteiger partial charge in [0.25, 0.3) is 0 Å². The topological polar surface area (TPSA) is 46.5 Å². The Balaban J connectivity index is 4.83. The van der Waals surface area contributed by atoms with Crippen LogP contribution in [0.2, 0.25) is 0 Å². The van der Waals surface area contributed by atoms with Gasteiger partial charge in [0.15, 0.2) is 0 Å². The molecule has 0 aromatic rings. The Morgan fingerprint density at radius 2 is 2.06 bits per heavy atom. The van der Waals surface area contributed by atoms with Crippen molar-refractivity contribution >= 4 is 5.97 Å². The Labute approximate surface area is 98.5 Å². The summed E-state index contributed by atoms with van der Waals surface area (Å²) in [5.41, 5.74) is -1.13. The molecule has 0 heterocycles. The van der Waals surface area contributed by atoms with E-state index in [9.17, 15) is 9.90 Å². The lowest BCUT2D eigenvalue weighted by molar-refractivity contribution is -0.156. The Kier molecular flexibility index (Phi) is 7.06. The maximum Gasteiger partial charge on any atom is 0.312 e. The quantitative estimate of drug-likeness (QED) is 0.513. The van der Waals surface area contributed by atoms with Gasteiger partial charge < -0.3 is 9.84 Å². The molecule has 2 atom stereocenters. The van der Waals surface area contributed by atoms with Crippen LogP contribution in [0.4, 0.5) is 0 Å². The summed E-state index contributed by atoms with van der Waals surface area (Å²) >= 11 is 0. The van der Waals surface area contributed by atoms with Gasteiger partial charge in [0.05, 0.1) is 18.1 Å². The predicted molar refractivity (Wildman–Crippen MR) is 65.1 cm³/mol. The van der Waals surface area contributed by atoms with E-state index in [-0.39, 0.29) is 5.97 Å². The highest BCUT2D eigenvalue weighted by molar-refractivity contribution is 5.74. The number of hydrogen-bond donors (Lipinski definition) is 1. The van der Waals surface area contributed by atoms with Gasteiger partial charge in [-0.1, -0.05) is 32.8 Å². The lowest BCUT2D eigenvalue weighted by Crippen LogP contribution is -2.41. The van der Waals surface area contributed by atoms with Crippen molar-refractivity contribution in [2.24, 2.45) is 5.92 Å². The zero-order valence-corrected chi connectivity index (χ0v) is 10.7. The van der Waals surface area contributed by atoms with Crippen molar-refractivity contribution in [1.82, 2.24) is 0 Å². The molecule has 0 aliphatic rings. The molecule has 0 spiro atoms. The van der Waals surface area contributed by atoms with Gasteiger partial charge in [0, 0.05) is 0 Å². The molecule has 0 amide bonds. The Hall–Kier alpha value is -0.830. The SMILES string of the molecule is C=CC(O)(CCC)C(CCC)C(=O)OCC. The van der Waals surface area contributed by atoms with E-state index in [1.54, 1.807) is 6.92 Å². The molecule has 0 bridgehead atoms. The molecule has 0 aliphatic carbocycles. The minimum atomic E-state index is -1.13. The number of ether oxygens (including phenoxy) is 1. The van der Waals surface area contributed by atoms with Gasteiger partial charge in [0.1, 0.15) is 0 Å². The van der Waals surface area contributed by atoms with Crippen LogP contribution in [0.3, 0.4) is 0 Å². The first kappa shape index (κ1) is 15.2. The largest absolute Gasteiger partial charge is 0.466 e. The van der Waals surface area contributed by atoms with Gasteiger partial charge >= 0.3 is 5.97 Å². The third-order valence-electron chi connectivity index (χ3n) is 2.76. The van der Waals surface area contributed by atoms with Crippen molar-refractivity contribution in [3.8, 4) is 0 Å². The maximum atomic E-state index is 11.8. The van der Waals surface area contributed by atoms with Gasteiger partial charge in [-0.3, -0.25) is 4.79 Å². The molecule has 3 nitrogen and oxygen atoms in total. The fraction of sp³-hybridized carbons (Fsp3) is 0.769. The zero-order valence-electron chi connectivity index (χ0n) is 10.7. The molecular formula is C13H24O3. The van der Waals surface area contributed by atoms with Crippen LogP contribution >= 0.6 is 0 Å². The van der Waals surface area contributed by atoms with E-state index in [0.29, 0.717) is 19.4 Å². The normalized spacial score (nSPS) is 16.2. The molecule has 0 aromatic heterocycles. The fourth-order valence-electron chi connectivity index (χ4n) is 1.92. The van der Waals surface area contributed by atoms with Crippen molar-refractivity contribution in [2.45, 2.75) is 52.1 Å². The summed E-state index contributed by atoms with van der Waals surface area (Å²) in [4.78, 5) is 11.8. The average Bonchev–Trinajstić information content (AvgIpc) is 2.26. The summed E-state index contributed by atoms with van der Waals surface area (Å²) < 4.78 is 5.00. The first-order valence-corrected chi connectivity index (χ1v) is 6.08. The molecule has 0 rings (SSSR count). The Morgan fingerprint density at radius 3 is 2.44 bits per heavy atom. The van der Waals surface area contributed by atoms with E-state index in [1.165, 1.54) is 6.08 Å². The van der Waals surface area contributed by atoms with Crippen LogP contribution in [-0.2, 0) is 9.53 Å². The third kappa shape index (κ3) is 3.97. The van der Waals surface area contributed by atoms with E-state index in [0.717, 1.165) is 12.8 Å². The molecule has 0 aromatic carbocycles. The molecule has 0 fully saturated rings. The molecule has 3 heteroatoms. The van der Waals surface area contributed by atoms with Crippen LogP contribution in [-0.4, -0.2) is 23.3 Å². The fourth-order valence-corrected chi connectivity index (χ4v) is 1.92. The van der Waals surface area contributed by atoms with E-state index in [1.807, 2.05) is 13.8 Å². The van der Waals surface area contributed by atoms with Crippen LogP contribution in [0.1, 0.15) is 46.5 Å². The molecule has 0 radical (unpaired) electrons. The van der Waals surface area contributed by atoms with Gasteiger partial charge in [-0.25, -0.2) is 0 Å². The van der Waals surface area contributed by atoms with Crippen molar-refractivity contribution in [1.29, 1.82) is 0 Å². The molecule has 1 N–H and O–H groups in total. The van der Waals surface area contributed by atoms with Gasteiger partial charge in [-0.05, 0) is 19.8 Å². The summed E-state index contributed by atoms with van der Waals surface area (Å²) in [7, 11) is 0. The van der Waals surface area contributed by atoms with Crippen LogP contribution < -0.4 is 0 Å². The number of hydrogen-bond acceptors (Lipinski definition) is 3. The van der Waals surface area contributed by atoms with Crippen LogP contribution in [0.25, 0.3) is 0 Å². The Morgan fingerprint density at radius 1 is 1.44 bits per heavy atom. The summed E-state index contributed by atoms with van der Waals surface area (Å²) in [5.74, 6) is -0.810. The molecule has 0 saturated heterocycles. The highest BCUT2D eigenvalue weighted by Gasteiger charge is 2.38. The lowest BCUT2D eigenvalue weighted by atomic mass is 9.81. The maximum absolute atomic E-state index is 11.8.